The zero-order chi connectivity index (χ0) is 14.4. The van der Waals surface area contributed by atoms with Crippen molar-refractivity contribution in [3.63, 3.8) is 0 Å². The van der Waals surface area contributed by atoms with Gasteiger partial charge in [0.1, 0.15) is 23.0 Å². The molecule has 0 aromatic carbocycles. The number of nitrogens with zero attached hydrogens (tertiary/aromatic N) is 6. The lowest BCUT2D eigenvalue weighted by Gasteiger charge is -1.98. The Balaban J connectivity index is 2.37. The lowest BCUT2D eigenvalue weighted by molar-refractivity contribution is -0.385. The lowest BCUT2D eigenvalue weighted by Crippen LogP contribution is -2.16. The Labute approximate surface area is 115 Å². The Morgan fingerprint density at radius 3 is 2.75 bits per heavy atom. The van der Waals surface area contributed by atoms with Gasteiger partial charge in [-0.25, -0.2) is 14.2 Å². The highest BCUT2D eigenvalue weighted by Gasteiger charge is 2.21. The van der Waals surface area contributed by atoms with E-state index >= 15 is 0 Å². The number of rotatable bonds is 2. The van der Waals surface area contributed by atoms with Crippen LogP contribution in [0.3, 0.4) is 0 Å². The van der Waals surface area contributed by atoms with Gasteiger partial charge in [0.2, 0.25) is 0 Å². The summed E-state index contributed by atoms with van der Waals surface area (Å²) in [5.41, 5.74) is 0.101. The van der Waals surface area contributed by atoms with Crippen molar-refractivity contribution in [3.8, 4) is 10.6 Å². The van der Waals surface area contributed by atoms with Gasteiger partial charge in [-0.05, 0) is 6.92 Å². The van der Waals surface area contributed by atoms with Gasteiger partial charge in [-0.2, -0.15) is 0 Å². The molecule has 102 valence electrons. The molecule has 0 atom stereocenters. The quantitative estimate of drug-likeness (QED) is 0.510. The SMILES string of the molecule is Cc1nnc(-c2c(=O)n(C)n3cc([N+](=O)[O-])cnc23)s1. The highest BCUT2D eigenvalue weighted by atomic mass is 32.1. The minimum atomic E-state index is -0.564. The first-order valence-electron chi connectivity index (χ1n) is 5.51. The number of fused-ring (bicyclic) bond motifs is 1. The zero-order valence-electron chi connectivity index (χ0n) is 10.5. The van der Waals surface area contributed by atoms with Crippen LogP contribution < -0.4 is 5.56 Å². The minimum absolute atomic E-state index is 0.192. The van der Waals surface area contributed by atoms with Crippen molar-refractivity contribution < 1.29 is 4.92 Å². The maximum Gasteiger partial charge on any atom is 0.305 e. The van der Waals surface area contributed by atoms with Gasteiger partial charge in [-0.3, -0.25) is 14.9 Å². The molecular formula is C10H8N6O3S. The number of nitro groups is 1. The van der Waals surface area contributed by atoms with Crippen LogP contribution in [0.15, 0.2) is 17.2 Å². The molecule has 0 aliphatic heterocycles. The minimum Gasteiger partial charge on any atom is -0.267 e. The molecule has 0 fully saturated rings. The van der Waals surface area contributed by atoms with Crippen LogP contribution in [-0.4, -0.2) is 29.3 Å². The van der Waals surface area contributed by atoms with Crippen molar-refractivity contribution in [2.75, 3.05) is 0 Å². The second-order valence-electron chi connectivity index (χ2n) is 4.07. The monoisotopic (exact) mass is 292 g/mol. The van der Waals surface area contributed by atoms with E-state index in [4.69, 9.17) is 0 Å². The largest absolute Gasteiger partial charge is 0.305 e. The standard InChI is InChI=1S/C10H8N6O3S/c1-5-12-13-9(20-5)7-8-11-3-6(16(18)19)4-15(8)14(2)10(7)17/h3-4H,1-2H3. The van der Waals surface area contributed by atoms with Gasteiger partial charge < -0.3 is 0 Å². The van der Waals surface area contributed by atoms with Gasteiger partial charge in [-0.1, -0.05) is 11.3 Å². The van der Waals surface area contributed by atoms with Crippen molar-refractivity contribution >= 4 is 22.7 Å². The molecule has 0 spiro atoms. The molecule has 3 heterocycles. The molecule has 3 aromatic heterocycles. The summed E-state index contributed by atoms with van der Waals surface area (Å²) in [6.45, 7) is 1.78. The number of hydrogen-bond acceptors (Lipinski definition) is 7. The van der Waals surface area contributed by atoms with Gasteiger partial charge in [-0.15, -0.1) is 10.2 Å². The van der Waals surface area contributed by atoms with Gasteiger partial charge in [0.15, 0.2) is 10.7 Å². The van der Waals surface area contributed by atoms with Crippen LogP contribution in [0.25, 0.3) is 16.2 Å². The second kappa shape index (κ2) is 4.20. The van der Waals surface area contributed by atoms with E-state index in [1.807, 2.05) is 0 Å². The van der Waals surface area contributed by atoms with Crippen molar-refractivity contribution in [1.29, 1.82) is 0 Å². The number of aryl methyl sites for hydroxylation is 2. The van der Waals surface area contributed by atoms with Crippen molar-refractivity contribution in [2.24, 2.45) is 7.05 Å². The highest BCUT2D eigenvalue weighted by molar-refractivity contribution is 7.14. The summed E-state index contributed by atoms with van der Waals surface area (Å²) in [6, 6.07) is 0. The zero-order valence-corrected chi connectivity index (χ0v) is 11.3. The molecule has 0 saturated heterocycles. The summed E-state index contributed by atoms with van der Waals surface area (Å²) >= 11 is 1.27. The first kappa shape index (κ1) is 12.4. The van der Waals surface area contributed by atoms with Crippen LogP contribution in [0.1, 0.15) is 5.01 Å². The van der Waals surface area contributed by atoms with Crippen LogP contribution in [0.5, 0.6) is 0 Å². The van der Waals surface area contributed by atoms with Gasteiger partial charge in [0.05, 0.1) is 4.92 Å². The van der Waals surface area contributed by atoms with E-state index in [9.17, 15) is 14.9 Å². The molecule has 3 rings (SSSR count). The van der Waals surface area contributed by atoms with Gasteiger partial charge in [0, 0.05) is 7.05 Å². The number of hydrogen-bond donors (Lipinski definition) is 0. The van der Waals surface area contributed by atoms with Crippen molar-refractivity contribution in [1.82, 2.24) is 24.4 Å². The average Bonchev–Trinajstić information content (AvgIpc) is 2.93. The molecule has 0 radical (unpaired) electrons. The molecule has 0 N–H and O–H groups in total. The van der Waals surface area contributed by atoms with Crippen LogP contribution in [0, 0.1) is 17.0 Å². The van der Waals surface area contributed by atoms with Gasteiger partial charge in [0.25, 0.3) is 5.56 Å². The maximum atomic E-state index is 12.3. The Morgan fingerprint density at radius 2 is 2.15 bits per heavy atom. The van der Waals surface area contributed by atoms with Crippen LogP contribution in [0.2, 0.25) is 0 Å². The average molecular weight is 292 g/mol. The molecule has 0 amide bonds. The molecule has 3 aromatic rings. The summed E-state index contributed by atoms with van der Waals surface area (Å²) in [5, 5.41) is 19.7. The second-order valence-corrected chi connectivity index (χ2v) is 5.25. The van der Waals surface area contributed by atoms with Crippen LogP contribution in [0.4, 0.5) is 5.69 Å². The molecule has 0 bridgehead atoms. The maximum absolute atomic E-state index is 12.3. The molecule has 0 saturated carbocycles. The summed E-state index contributed by atoms with van der Waals surface area (Å²) in [6.07, 6.45) is 2.37. The topological polar surface area (TPSA) is 108 Å². The smallest absolute Gasteiger partial charge is 0.267 e. The highest BCUT2D eigenvalue weighted by Crippen LogP contribution is 2.24. The summed E-state index contributed by atoms with van der Waals surface area (Å²) in [7, 11) is 1.51. The molecule has 0 unspecified atom stereocenters. The van der Waals surface area contributed by atoms with Crippen LogP contribution >= 0.6 is 11.3 Å². The third-order valence-electron chi connectivity index (χ3n) is 2.80. The van der Waals surface area contributed by atoms with E-state index in [0.29, 0.717) is 16.2 Å². The summed E-state index contributed by atoms with van der Waals surface area (Å²) < 4.78 is 2.59. The predicted molar refractivity (Wildman–Crippen MR) is 70.7 cm³/mol. The van der Waals surface area contributed by atoms with E-state index in [1.165, 1.54) is 33.8 Å². The van der Waals surface area contributed by atoms with E-state index < -0.39 is 4.92 Å². The van der Waals surface area contributed by atoms with E-state index in [0.717, 1.165) is 11.2 Å². The van der Waals surface area contributed by atoms with E-state index in [1.54, 1.807) is 6.92 Å². The third-order valence-corrected chi connectivity index (χ3v) is 3.65. The van der Waals surface area contributed by atoms with E-state index in [-0.39, 0.29) is 11.2 Å². The van der Waals surface area contributed by atoms with Crippen molar-refractivity contribution in [3.05, 3.63) is 37.9 Å². The first-order chi connectivity index (χ1) is 9.49. The Morgan fingerprint density at radius 1 is 1.40 bits per heavy atom. The summed E-state index contributed by atoms with van der Waals surface area (Å²) in [4.78, 5) is 26.5. The predicted octanol–water partition coefficient (Wildman–Crippen LogP) is 0.768. The molecular weight excluding hydrogens is 284 g/mol. The molecule has 20 heavy (non-hydrogen) atoms. The first-order valence-corrected chi connectivity index (χ1v) is 6.33. The fraction of sp³-hybridized carbons (Fsp3) is 0.200. The summed E-state index contributed by atoms with van der Waals surface area (Å²) in [5.74, 6) is 0. The third kappa shape index (κ3) is 1.69. The van der Waals surface area contributed by atoms with Gasteiger partial charge >= 0.3 is 5.69 Å². The Hall–Kier alpha value is -2.62. The number of aromatic nitrogens is 5. The van der Waals surface area contributed by atoms with Crippen molar-refractivity contribution in [2.45, 2.75) is 6.92 Å². The normalized spacial score (nSPS) is 11.1. The Kier molecular flexibility index (Phi) is 2.61. The fourth-order valence-electron chi connectivity index (χ4n) is 1.85. The molecule has 9 nitrogen and oxygen atoms in total. The fourth-order valence-corrected chi connectivity index (χ4v) is 2.57. The lowest BCUT2D eigenvalue weighted by atomic mass is 10.3. The molecule has 0 aliphatic rings. The molecule has 10 heteroatoms. The van der Waals surface area contributed by atoms with E-state index in [2.05, 4.69) is 15.2 Å². The Bertz CT molecular complexity index is 892. The van der Waals surface area contributed by atoms with Crippen LogP contribution in [-0.2, 0) is 7.05 Å². The molecule has 0 aliphatic carbocycles.